The Bertz CT molecular complexity index is 476. The highest BCUT2D eigenvalue weighted by molar-refractivity contribution is 7.13. The largest absolute Gasteiger partial charge is 0.353 e. The average molecular weight is 283 g/mol. The number of piperazine rings is 1. The zero-order chi connectivity index (χ0) is 13.7. The van der Waals surface area contributed by atoms with E-state index in [0.717, 1.165) is 0 Å². The Morgan fingerprint density at radius 1 is 1.47 bits per heavy atom. The number of anilines is 1. The second-order valence-corrected chi connectivity index (χ2v) is 4.79. The van der Waals surface area contributed by atoms with Crippen molar-refractivity contribution in [2.24, 2.45) is 0 Å². The maximum absolute atomic E-state index is 11.8. The topological polar surface area (TPSA) is 104 Å². The van der Waals surface area contributed by atoms with Gasteiger partial charge in [-0.1, -0.05) is 11.3 Å². The summed E-state index contributed by atoms with van der Waals surface area (Å²) in [5.74, 6) is -0.647. The molecule has 1 aromatic rings. The monoisotopic (exact) mass is 283 g/mol. The van der Waals surface area contributed by atoms with E-state index in [1.54, 1.807) is 0 Å². The third-order valence-corrected chi connectivity index (χ3v) is 3.17. The predicted octanol–water partition coefficient (Wildman–Crippen LogP) is -0.785. The van der Waals surface area contributed by atoms with Gasteiger partial charge in [-0.05, 0) is 0 Å². The average Bonchev–Trinajstić information content (AvgIpc) is 2.88. The molecule has 9 heteroatoms. The Hall–Kier alpha value is -2.03. The first-order chi connectivity index (χ1) is 9.15. The van der Waals surface area contributed by atoms with Gasteiger partial charge in [0.25, 0.3) is 0 Å². The van der Waals surface area contributed by atoms with E-state index in [4.69, 9.17) is 0 Å². The standard InChI is InChI=1S/C10H13N5O3S/c16-7(13-10-14-12-6-19-10)1-2-9(18)15-4-3-11-8(17)5-15/h6H,1-5H2,(H,11,17)(H,13,14,16). The lowest BCUT2D eigenvalue weighted by molar-refractivity contribution is -0.138. The molecule has 1 saturated heterocycles. The van der Waals surface area contributed by atoms with Gasteiger partial charge < -0.3 is 15.5 Å². The van der Waals surface area contributed by atoms with Gasteiger partial charge in [0.05, 0.1) is 6.54 Å². The molecule has 0 saturated carbocycles. The number of amides is 3. The highest BCUT2D eigenvalue weighted by Gasteiger charge is 2.21. The highest BCUT2D eigenvalue weighted by Crippen LogP contribution is 2.09. The summed E-state index contributed by atoms with van der Waals surface area (Å²) in [5.41, 5.74) is 1.51. The lowest BCUT2D eigenvalue weighted by Gasteiger charge is -2.26. The zero-order valence-electron chi connectivity index (χ0n) is 10.1. The van der Waals surface area contributed by atoms with E-state index < -0.39 is 0 Å². The molecule has 0 unspecified atom stereocenters. The van der Waals surface area contributed by atoms with Crippen molar-refractivity contribution in [3.05, 3.63) is 5.51 Å². The summed E-state index contributed by atoms with van der Waals surface area (Å²) in [6, 6.07) is 0. The van der Waals surface area contributed by atoms with E-state index >= 15 is 0 Å². The van der Waals surface area contributed by atoms with Gasteiger partial charge >= 0.3 is 0 Å². The van der Waals surface area contributed by atoms with Crippen LogP contribution in [-0.4, -0.2) is 52.5 Å². The first kappa shape index (κ1) is 13.4. The van der Waals surface area contributed by atoms with Crippen LogP contribution in [-0.2, 0) is 14.4 Å². The summed E-state index contributed by atoms with van der Waals surface area (Å²) in [6.07, 6.45) is 0.147. The lowest BCUT2D eigenvalue weighted by Crippen LogP contribution is -2.50. The van der Waals surface area contributed by atoms with Crippen LogP contribution in [0, 0.1) is 0 Å². The molecule has 2 rings (SSSR count). The molecule has 0 atom stereocenters. The fraction of sp³-hybridized carbons (Fsp3) is 0.500. The van der Waals surface area contributed by atoms with E-state index in [9.17, 15) is 14.4 Å². The maximum Gasteiger partial charge on any atom is 0.239 e. The highest BCUT2D eigenvalue weighted by atomic mass is 32.1. The van der Waals surface area contributed by atoms with E-state index in [2.05, 4.69) is 20.8 Å². The number of nitrogens with one attached hydrogen (secondary N) is 2. The van der Waals surface area contributed by atoms with Gasteiger partial charge in [0.15, 0.2) is 0 Å². The molecule has 102 valence electrons. The minimum Gasteiger partial charge on any atom is -0.353 e. The molecule has 1 aliphatic rings. The van der Waals surface area contributed by atoms with Crippen molar-refractivity contribution in [2.75, 3.05) is 25.0 Å². The molecule has 0 aromatic carbocycles. The van der Waals surface area contributed by atoms with Gasteiger partial charge in [0.1, 0.15) is 5.51 Å². The third-order valence-electron chi connectivity index (χ3n) is 2.56. The summed E-state index contributed by atoms with van der Waals surface area (Å²) in [4.78, 5) is 35.9. The lowest BCUT2D eigenvalue weighted by atomic mass is 10.2. The van der Waals surface area contributed by atoms with Crippen LogP contribution < -0.4 is 10.6 Å². The van der Waals surface area contributed by atoms with E-state index in [1.807, 2.05) is 0 Å². The van der Waals surface area contributed by atoms with Gasteiger partial charge in [0, 0.05) is 25.9 Å². The molecular weight excluding hydrogens is 270 g/mol. The number of nitrogens with zero attached hydrogens (tertiary/aromatic N) is 3. The van der Waals surface area contributed by atoms with Gasteiger partial charge in [-0.2, -0.15) is 0 Å². The van der Waals surface area contributed by atoms with Crippen LogP contribution in [0.15, 0.2) is 5.51 Å². The van der Waals surface area contributed by atoms with Crippen molar-refractivity contribution < 1.29 is 14.4 Å². The summed E-state index contributed by atoms with van der Waals surface area (Å²) in [5, 5.41) is 12.9. The Morgan fingerprint density at radius 2 is 2.32 bits per heavy atom. The van der Waals surface area contributed by atoms with Crippen LogP contribution in [0.2, 0.25) is 0 Å². The van der Waals surface area contributed by atoms with Gasteiger partial charge in [-0.3, -0.25) is 14.4 Å². The Morgan fingerprint density at radius 3 is 3.00 bits per heavy atom. The SMILES string of the molecule is O=C1CN(C(=O)CCC(=O)Nc2nncs2)CCN1. The number of hydrogen-bond donors (Lipinski definition) is 2. The quantitative estimate of drug-likeness (QED) is 0.754. The Balaban J connectivity index is 1.73. The Kier molecular flexibility index (Phi) is 4.39. The smallest absolute Gasteiger partial charge is 0.239 e. The van der Waals surface area contributed by atoms with Crippen LogP contribution >= 0.6 is 11.3 Å². The van der Waals surface area contributed by atoms with Crippen LogP contribution in [0.4, 0.5) is 5.13 Å². The molecule has 3 amide bonds. The van der Waals surface area contributed by atoms with E-state index in [-0.39, 0.29) is 37.1 Å². The van der Waals surface area contributed by atoms with Crippen molar-refractivity contribution in [3.8, 4) is 0 Å². The second-order valence-electron chi connectivity index (χ2n) is 3.96. The minimum absolute atomic E-state index is 0.0660. The fourth-order valence-electron chi connectivity index (χ4n) is 1.64. The fourth-order valence-corrected chi connectivity index (χ4v) is 2.10. The molecular formula is C10H13N5O3S. The molecule has 0 bridgehead atoms. The van der Waals surface area contributed by atoms with Crippen LogP contribution in [0.5, 0.6) is 0 Å². The molecule has 2 heterocycles. The van der Waals surface area contributed by atoms with Crippen LogP contribution in [0.25, 0.3) is 0 Å². The van der Waals surface area contributed by atoms with Crippen molar-refractivity contribution in [2.45, 2.75) is 12.8 Å². The Labute approximate surface area is 113 Å². The van der Waals surface area contributed by atoms with Crippen LogP contribution in [0.1, 0.15) is 12.8 Å². The predicted molar refractivity (Wildman–Crippen MR) is 67.4 cm³/mol. The van der Waals surface area contributed by atoms with Gasteiger partial charge in [-0.25, -0.2) is 0 Å². The van der Waals surface area contributed by atoms with Crippen LogP contribution in [0.3, 0.4) is 0 Å². The summed E-state index contributed by atoms with van der Waals surface area (Å²) in [6.45, 7) is 1.01. The molecule has 1 aromatic heterocycles. The van der Waals surface area contributed by atoms with Gasteiger partial charge in [0.2, 0.25) is 22.9 Å². The molecule has 1 fully saturated rings. The molecule has 2 N–H and O–H groups in total. The van der Waals surface area contributed by atoms with E-state index in [0.29, 0.717) is 18.2 Å². The van der Waals surface area contributed by atoms with Crippen molar-refractivity contribution >= 4 is 34.2 Å². The number of aromatic nitrogens is 2. The number of carbonyl (C=O) groups excluding carboxylic acids is 3. The minimum atomic E-state index is -0.286. The molecule has 0 aliphatic carbocycles. The molecule has 19 heavy (non-hydrogen) atoms. The van der Waals surface area contributed by atoms with Crippen molar-refractivity contribution in [1.82, 2.24) is 20.4 Å². The summed E-state index contributed by atoms with van der Waals surface area (Å²) >= 11 is 1.21. The third kappa shape index (κ3) is 3.98. The first-order valence-electron chi connectivity index (χ1n) is 5.75. The zero-order valence-corrected chi connectivity index (χ0v) is 10.9. The number of hydrogen-bond acceptors (Lipinski definition) is 6. The number of rotatable bonds is 4. The van der Waals surface area contributed by atoms with Crippen molar-refractivity contribution in [3.63, 3.8) is 0 Å². The molecule has 1 aliphatic heterocycles. The van der Waals surface area contributed by atoms with E-state index in [1.165, 1.54) is 21.7 Å². The van der Waals surface area contributed by atoms with Gasteiger partial charge in [-0.15, -0.1) is 10.2 Å². The summed E-state index contributed by atoms with van der Waals surface area (Å²) < 4.78 is 0. The van der Waals surface area contributed by atoms with Crippen molar-refractivity contribution in [1.29, 1.82) is 0 Å². The molecule has 8 nitrogen and oxygen atoms in total. The molecule has 0 spiro atoms. The summed E-state index contributed by atoms with van der Waals surface area (Å²) in [7, 11) is 0. The first-order valence-corrected chi connectivity index (χ1v) is 6.63. The molecule has 0 radical (unpaired) electrons. The number of carbonyl (C=O) groups is 3. The maximum atomic E-state index is 11.8. The second kappa shape index (κ2) is 6.23. The normalized spacial score (nSPS) is 14.9.